The lowest BCUT2D eigenvalue weighted by Gasteiger charge is -2.31. The normalized spacial score (nSPS) is 24.5. The van der Waals surface area contributed by atoms with Crippen molar-refractivity contribution in [1.82, 2.24) is 5.32 Å². The first-order valence-electron chi connectivity index (χ1n) is 11.0. The molecule has 2 unspecified atom stereocenters. The maximum atomic E-state index is 14.5. The number of nitrogens with one attached hydrogen (secondary N) is 1. The van der Waals surface area contributed by atoms with Gasteiger partial charge < -0.3 is 10.2 Å². The van der Waals surface area contributed by atoms with Gasteiger partial charge in [0.2, 0.25) is 11.8 Å². The van der Waals surface area contributed by atoms with Crippen molar-refractivity contribution in [1.29, 1.82) is 0 Å². The Morgan fingerprint density at radius 3 is 2.35 bits per heavy atom. The fraction of sp³-hybridized carbons (Fsp3) is 0.417. The topological polar surface area (TPSA) is 49.4 Å². The average molecular weight is 532 g/mol. The summed E-state index contributed by atoms with van der Waals surface area (Å²) >= 11 is 17.9. The van der Waals surface area contributed by atoms with E-state index in [-0.39, 0.29) is 45.0 Å². The number of carbonyl (C=O) groups excluding carboxylic acids is 2. The van der Waals surface area contributed by atoms with Gasteiger partial charge in [0.1, 0.15) is 0 Å². The van der Waals surface area contributed by atoms with Gasteiger partial charge in [0.15, 0.2) is 5.41 Å². The number of benzene rings is 2. The van der Waals surface area contributed by atoms with Crippen molar-refractivity contribution >= 4 is 52.3 Å². The number of anilines is 1. The number of aryl methyl sites for hydroxylation is 1. The minimum Gasteiger partial charge on any atom is -0.349 e. The summed E-state index contributed by atoms with van der Waals surface area (Å²) in [5, 5.41) is 2.71. The summed E-state index contributed by atoms with van der Waals surface area (Å²) in [6.07, 6.45) is -2.12. The van der Waals surface area contributed by atoms with E-state index < -0.39 is 23.9 Å². The summed E-state index contributed by atoms with van der Waals surface area (Å²) in [6, 6.07) is 7.23. The molecule has 0 spiro atoms. The maximum Gasteiger partial charge on any atom is 0.407 e. The molecule has 4 nitrogen and oxygen atoms in total. The van der Waals surface area contributed by atoms with Crippen LogP contribution in [0.25, 0.3) is 0 Å². The molecule has 2 fully saturated rings. The largest absolute Gasteiger partial charge is 0.407 e. The Balaban J connectivity index is 1.46. The summed E-state index contributed by atoms with van der Waals surface area (Å²) in [4.78, 5) is 26.7. The molecule has 1 aliphatic heterocycles. The molecule has 10 heteroatoms. The van der Waals surface area contributed by atoms with Crippen LogP contribution in [-0.4, -0.2) is 24.5 Å². The Labute approximate surface area is 209 Å². The van der Waals surface area contributed by atoms with Crippen LogP contribution in [0.5, 0.6) is 0 Å². The van der Waals surface area contributed by atoms with Gasteiger partial charge in [-0.1, -0.05) is 40.9 Å². The zero-order chi connectivity index (χ0) is 24.4. The second kappa shape index (κ2) is 8.32. The van der Waals surface area contributed by atoms with Gasteiger partial charge in [0.05, 0.1) is 21.1 Å². The molecule has 3 aliphatic rings. The van der Waals surface area contributed by atoms with Crippen LogP contribution < -0.4 is 10.2 Å². The van der Waals surface area contributed by atoms with E-state index in [0.29, 0.717) is 12.1 Å². The smallest absolute Gasteiger partial charge is 0.349 e. The number of alkyl halides is 3. The molecule has 2 aromatic rings. The molecule has 180 valence electrons. The third kappa shape index (κ3) is 3.76. The SMILES string of the molecule is O=C(NC1CCc2cc(N3CCC(c4cc(Cl)c(Cl)c(Cl)c4)(C(F)(F)F)C3=O)ccc21)C1CC1. The lowest BCUT2D eigenvalue weighted by molar-refractivity contribution is -0.190. The highest BCUT2D eigenvalue weighted by molar-refractivity contribution is 6.48. The van der Waals surface area contributed by atoms with Gasteiger partial charge in [-0.2, -0.15) is 13.2 Å². The van der Waals surface area contributed by atoms with Crippen LogP contribution in [-0.2, 0) is 21.4 Å². The number of carbonyl (C=O) groups is 2. The van der Waals surface area contributed by atoms with Crippen LogP contribution in [0, 0.1) is 5.92 Å². The van der Waals surface area contributed by atoms with Gasteiger partial charge in [-0.25, -0.2) is 0 Å². The Morgan fingerprint density at radius 2 is 1.74 bits per heavy atom. The lowest BCUT2D eigenvalue weighted by Crippen LogP contribution is -2.49. The lowest BCUT2D eigenvalue weighted by atomic mass is 9.78. The molecule has 2 atom stereocenters. The number of hydrogen-bond donors (Lipinski definition) is 1. The van der Waals surface area contributed by atoms with Gasteiger partial charge in [0.25, 0.3) is 0 Å². The predicted octanol–water partition coefficient (Wildman–Crippen LogP) is 6.40. The van der Waals surface area contributed by atoms with E-state index in [9.17, 15) is 22.8 Å². The molecule has 2 aliphatic carbocycles. The molecule has 2 aromatic carbocycles. The van der Waals surface area contributed by atoms with E-state index in [2.05, 4.69) is 5.32 Å². The van der Waals surface area contributed by atoms with E-state index >= 15 is 0 Å². The highest BCUT2D eigenvalue weighted by Gasteiger charge is 2.65. The molecule has 34 heavy (non-hydrogen) atoms. The van der Waals surface area contributed by atoms with E-state index in [1.165, 1.54) is 4.90 Å². The zero-order valence-electron chi connectivity index (χ0n) is 17.8. The third-order valence-corrected chi connectivity index (χ3v) is 8.26. The summed E-state index contributed by atoms with van der Waals surface area (Å²) in [5.74, 6) is -0.936. The van der Waals surface area contributed by atoms with E-state index in [4.69, 9.17) is 34.8 Å². The molecule has 1 heterocycles. The van der Waals surface area contributed by atoms with Gasteiger partial charge in [-0.3, -0.25) is 9.59 Å². The van der Waals surface area contributed by atoms with Crippen molar-refractivity contribution in [2.75, 3.05) is 11.4 Å². The molecule has 1 N–H and O–H groups in total. The minimum absolute atomic E-state index is 0.0481. The molecular weight excluding hydrogens is 512 g/mol. The van der Waals surface area contributed by atoms with Crippen LogP contribution in [0.2, 0.25) is 15.1 Å². The minimum atomic E-state index is -4.87. The molecule has 1 saturated carbocycles. The first kappa shape index (κ1) is 23.8. The zero-order valence-corrected chi connectivity index (χ0v) is 20.1. The number of hydrogen-bond acceptors (Lipinski definition) is 2. The Morgan fingerprint density at radius 1 is 1.06 bits per heavy atom. The fourth-order valence-corrected chi connectivity index (χ4v) is 5.61. The van der Waals surface area contributed by atoms with Gasteiger partial charge in [0, 0.05) is 18.2 Å². The number of rotatable bonds is 4. The van der Waals surface area contributed by atoms with Crippen LogP contribution in [0.1, 0.15) is 48.4 Å². The van der Waals surface area contributed by atoms with E-state index in [0.717, 1.165) is 42.5 Å². The number of amides is 2. The van der Waals surface area contributed by atoms with Crippen molar-refractivity contribution in [3.8, 4) is 0 Å². The van der Waals surface area contributed by atoms with E-state index in [1.807, 2.05) is 0 Å². The van der Waals surface area contributed by atoms with Crippen LogP contribution in [0.15, 0.2) is 30.3 Å². The Hall–Kier alpha value is -1.96. The standard InChI is InChI=1S/C24H20Cl3F3N2O2/c25-17-10-14(11-18(26)20(17)27)23(24(28,29)30)7-8-32(22(23)34)15-4-5-16-13(9-15)3-6-19(16)31-21(33)12-1-2-12/h4-5,9-12,19H,1-3,6-8H2,(H,31,33). The quantitative estimate of drug-likeness (QED) is 0.464. The van der Waals surface area contributed by atoms with Gasteiger partial charge >= 0.3 is 6.18 Å². The van der Waals surface area contributed by atoms with Gasteiger partial charge in [-0.15, -0.1) is 0 Å². The highest BCUT2D eigenvalue weighted by Crippen LogP contribution is 2.51. The predicted molar refractivity (Wildman–Crippen MR) is 125 cm³/mol. The van der Waals surface area contributed by atoms with Crippen molar-refractivity contribution < 1.29 is 22.8 Å². The highest BCUT2D eigenvalue weighted by atomic mass is 35.5. The van der Waals surface area contributed by atoms with Crippen LogP contribution in [0.4, 0.5) is 18.9 Å². The summed E-state index contributed by atoms with van der Waals surface area (Å²) in [7, 11) is 0. The van der Waals surface area contributed by atoms with Crippen LogP contribution in [0.3, 0.4) is 0 Å². The monoisotopic (exact) mass is 530 g/mol. The fourth-order valence-electron chi connectivity index (χ4n) is 5.02. The first-order chi connectivity index (χ1) is 16.0. The molecule has 0 bridgehead atoms. The third-order valence-electron chi connectivity index (χ3n) is 7.06. The molecular formula is C24H20Cl3F3N2O2. The summed E-state index contributed by atoms with van der Waals surface area (Å²) in [5.41, 5.74) is -0.827. The average Bonchev–Trinajstić information content (AvgIpc) is 3.47. The van der Waals surface area contributed by atoms with Gasteiger partial charge in [-0.05, 0) is 73.1 Å². The second-order valence-electron chi connectivity index (χ2n) is 9.12. The molecule has 0 radical (unpaired) electrons. The van der Waals surface area contributed by atoms with Crippen molar-refractivity contribution in [3.63, 3.8) is 0 Å². The molecule has 0 aromatic heterocycles. The molecule has 5 rings (SSSR count). The first-order valence-corrected chi connectivity index (χ1v) is 12.1. The molecule has 1 saturated heterocycles. The number of nitrogens with zero attached hydrogens (tertiary/aromatic N) is 1. The maximum absolute atomic E-state index is 14.5. The Bertz CT molecular complexity index is 1180. The second-order valence-corrected chi connectivity index (χ2v) is 10.3. The Kier molecular flexibility index (Phi) is 5.81. The number of fused-ring (bicyclic) bond motifs is 1. The summed E-state index contributed by atoms with van der Waals surface area (Å²) < 4.78 is 43.4. The van der Waals surface area contributed by atoms with Crippen molar-refractivity contribution in [3.05, 3.63) is 62.1 Å². The van der Waals surface area contributed by atoms with Crippen molar-refractivity contribution in [2.45, 2.75) is 49.7 Å². The number of halogens is 6. The molecule has 2 amide bonds. The summed E-state index contributed by atoms with van der Waals surface area (Å²) in [6.45, 7) is -0.114. The van der Waals surface area contributed by atoms with E-state index in [1.54, 1.807) is 18.2 Å². The van der Waals surface area contributed by atoms with Crippen LogP contribution >= 0.6 is 34.8 Å². The van der Waals surface area contributed by atoms with Crippen molar-refractivity contribution in [2.24, 2.45) is 5.92 Å².